The van der Waals surface area contributed by atoms with Crippen LogP contribution in [0.5, 0.6) is 11.5 Å². The summed E-state index contributed by atoms with van der Waals surface area (Å²) in [5.41, 5.74) is -0.308. The lowest BCUT2D eigenvalue weighted by atomic mass is 10.3. The van der Waals surface area contributed by atoms with Crippen molar-refractivity contribution in [1.29, 1.82) is 0 Å². The van der Waals surface area contributed by atoms with Gasteiger partial charge in [0.25, 0.3) is 5.69 Å². The number of benzene rings is 2. The van der Waals surface area contributed by atoms with E-state index in [0.717, 1.165) is 0 Å². The zero-order valence-corrected chi connectivity index (χ0v) is 9.59. The first-order chi connectivity index (χ1) is 9.09. The lowest BCUT2D eigenvalue weighted by Gasteiger charge is -2.00. The van der Waals surface area contributed by atoms with Gasteiger partial charge in [-0.2, -0.15) is 0 Å². The highest BCUT2D eigenvalue weighted by Gasteiger charge is 2.12. The lowest BCUT2D eigenvalue weighted by Crippen LogP contribution is -1.87. The van der Waals surface area contributed by atoms with Crippen LogP contribution in [0.15, 0.2) is 52.7 Å². The Balaban J connectivity index is 2.41. The maximum atomic E-state index is 10.8. The zero-order valence-electron chi connectivity index (χ0n) is 9.59. The van der Waals surface area contributed by atoms with Crippen molar-refractivity contribution in [1.82, 2.24) is 0 Å². The highest BCUT2D eigenvalue weighted by atomic mass is 16.6. The monoisotopic (exact) mass is 259 g/mol. The van der Waals surface area contributed by atoms with Gasteiger partial charge in [-0.3, -0.25) is 10.1 Å². The molecule has 7 nitrogen and oxygen atoms in total. The van der Waals surface area contributed by atoms with Gasteiger partial charge in [-0.25, -0.2) is 0 Å². The second-order valence-corrected chi connectivity index (χ2v) is 3.59. The van der Waals surface area contributed by atoms with Gasteiger partial charge in [0.05, 0.1) is 4.92 Å². The average Bonchev–Trinajstić information content (AvgIpc) is 2.38. The Labute approximate surface area is 107 Å². The number of hydrogen-bond acceptors (Lipinski definition) is 6. The number of nitrogens with zero attached hydrogens (tertiary/aromatic N) is 3. The van der Waals surface area contributed by atoms with Gasteiger partial charge in [0.15, 0.2) is 11.4 Å². The van der Waals surface area contributed by atoms with Crippen LogP contribution < -0.4 is 0 Å². The van der Waals surface area contributed by atoms with E-state index in [1.807, 2.05) is 0 Å². The second kappa shape index (κ2) is 5.13. The lowest BCUT2D eigenvalue weighted by molar-refractivity contribution is -0.384. The van der Waals surface area contributed by atoms with Gasteiger partial charge in [-0.05, 0) is 18.2 Å². The predicted octanol–water partition coefficient (Wildman–Crippen LogP) is 3.42. The van der Waals surface area contributed by atoms with Crippen LogP contribution in [0.25, 0.3) is 0 Å². The average molecular weight is 259 g/mol. The number of para-hydroxylation sites is 1. The number of phenolic OH excluding ortho intramolecular Hbond substituents is 2. The van der Waals surface area contributed by atoms with Gasteiger partial charge in [0.1, 0.15) is 11.5 Å². The third kappa shape index (κ3) is 2.65. The molecule has 7 heteroatoms. The first-order valence-electron chi connectivity index (χ1n) is 5.25. The highest BCUT2D eigenvalue weighted by Crippen LogP contribution is 2.37. The van der Waals surface area contributed by atoms with Crippen LogP contribution in [0.4, 0.5) is 17.1 Å². The number of azo groups is 1. The number of nitro groups is 1. The molecule has 0 fully saturated rings. The molecule has 0 heterocycles. The largest absolute Gasteiger partial charge is 0.505 e. The summed E-state index contributed by atoms with van der Waals surface area (Å²) in [5, 5.41) is 37.1. The van der Waals surface area contributed by atoms with Crippen molar-refractivity contribution < 1.29 is 15.1 Å². The fourth-order valence-electron chi connectivity index (χ4n) is 1.43. The van der Waals surface area contributed by atoms with Crippen molar-refractivity contribution in [3.8, 4) is 11.5 Å². The molecule has 19 heavy (non-hydrogen) atoms. The Morgan fingerprint density at radius 2 is 1.58 bits per heavy atom. The third-order valence-corrected chi connectivity index (χ3v) is 2.33. The molecule has 0 atom stereocenters. The summed E-state index contributed by atoms with van der Waals surface area (Å²) in [5.74, 6) is -0.523. The summed E-state index contributed by atoms with van der Waals surface area (Å²) in [6.45, 7) is 0. The molecule has 2 aromatic rings. The molecule has 2 rings (SSSR count). The molecule has 0 aliphatic heterocycles. The molecule has 2 aromatic carbocycles. The number of aromatic hydroxyl groups is 2. The van der Waals surface area contributed by atoms with Crippen LogP contribution in [0, 0.1) is 10.1 Å². The maximum Gasteiger partial charge on any atom is 0.296 e. The smallest absolute Gasteiger partial charge is 0.296 e. The Morgan fingerprint density at radius 1 is 0.947 bits per heavy atom. The van der Waals surface area contributed by atoms with E-state index in [2.05, 4.69) is 10.2 Å². The Kier molecular flexibility index (Phi) is 3.37. The van der Waals surface area contributed by atoms with Crippen molar-refractivity contribution >= 4 is 17.1 Å². The number of phenols is 2. The van der Waals surface area contributed by atoms with Gasteiger partial charge < -0.3 is 10.2 Å². The number of hydrogen-bond donors (Lipinski definition) is 2. The van der Waals surface area contributed by atoms with Crippen LogP contribution in [0.2, 0.25) is 0 Å². The highest BCUT2D eigenvalue weighted by molar-refractivity contribution is 5.61. The predicted molar refractivity (Wildman–Crippen MR) is 67.0 cm³/mol. The summed E-state index contributed by atoms with van der Waals surface area (Å²) >= 11 is 0. The summed E-state index contributed by atoms with van der Waals surface area (Å²) in [4.78, 5) is 10.2. The molecule has 0 aromatic heterocycles. The van der Waals surface area contributed by atoms with Gasteiger partial charge in [-0.1, -0.05) is 18.2 Å². The third-order valence-electron chi connectivity index (χ3n) is 2.33. The molecule has 2 N–H and O–H groups in total. The van der Waals surface area contributed by atoms with E-state index in [4.69, 9.17) is 0 Å². The Morgan fingerprint density at radius 3 is 2.21 bits per heavy atom. The fraction of sp³-hybridized carbons (Fsp3) is 0. The van der Waals surface area contributed by atoms with E-state index >= 15 is 0 Å². The van der Waals surface area contributed by atoms with Crippen molar-refractivity contribution in [3.05, 3.63) is 52.6 Å². The molecule has 0 unspecified atom stereocenters. The summed E-state index contributed by atoms with van der Waals surface area (Å²) in [6.07, 6.45) is 0. The van der Waals surface area contributed by atoms with Gasteiger partial charge in [0.2, 0.25) is 0 Å². The van der Waals surface area contributed by atoms with Gasteiger partial charge in [-0.15, -0.1) is 10.2 Å². The van der Waals surface area contributed by atoms with Crippen molar-refractivity contribution in [2.24, 2.45) is 10.2 Å². The summed E-state index contributed by atoms with van der Waals surface area (Å²) in [6, 6.07) is 9.88. The van der Waals surface area contributed by atoms with Crippen LogP contribution in [0.1, 0.15) is 0 Å². The maximum absolute atomic E-state index is 10.8. The summed E-state index contributed by atoms with van der Waals surface area (Å²) < 4.78 is 0. The van der Waals surface area contributed by atoms with Gasteiger partial charge in [0, 0.05) is 6.07 Å². The Hall–Kier alpha value is -2.96. The Bertz CT molecular complexity index is 635. The molecular weight excluding hydrogens is 250 g/mol. The van der Waals surface area contributed by atoms with Crippen LogP contribution in [-0.2, 0) is 0 Å². The molecule has 0 saturated carbocycles. The normalized spacial score (nSPS) is 10.7. The van der Waals surface area contributed by atoms with E-state index in [0.29, 0.717) is 0 Å². The van der Waals surface area contributed by atoms with E-state index in [9.17, 15) is 20.3 Å². The number of nitro benzene ring substituents is 1. The standard InChI is InChI=1S/C12H9N3O4/c16-10-6-3-7-11(17)12(10)14-13-8-4-1-2-5-9(8)15(18)19/h1-7,16-17H/b14-13+. The quantitative estimate of drug-likeness (QED) is 0.500. The minimum atomic E-state index is -0.584. The van der Waals surface area contributed by atoms with E-state index in [-0.39, 0.29) is 28.6 Å². The van der Waals surface area contributed by atoms with Crippen LogP contribution >= 0.6 is 0 Å². The molecule has 0 aliphatic carbocycles. The van der Waals surface area contributed by atoms with Crippen molar-refractivity contribution in [2.75, 3.05) is 0 Å². The van der Waals surface area contributed by atoms with Crippen molar-refractivity contribution in [2.45, 2.75) is 0 Å². The minimum Gasteiger partial charge on any atom is -0.505 e. The minimum absolute atomic E-state index is 0.0372. The van der Waals surface area contributed by atoms with Crippen LogP contribution in [-0.4, -0.2) is 15.1 Å². The SMILES string of the molecule is O=[N+]([O-])c1ccccc1/N=N/c1c(O)cccc1O. The van der Waals surface area contributed by atoms with Gasteiger partial charge >= 0.3 is 0 Å². The molecule has 0 radical (unpaired) electrons. The fourth-order valence-corrected chi connectivity index (χ4v) is 1.43. The first-order valence-corrected chi connectivity index (χ1v) is 5.25. The molecule has 96 valence electrons. The van der Waals surface area contributed by atoms with Crippen molar-refractivity contribution in [3.63, 3.8) is 0 Å². The summed E-state index contributed by atoms with van der Waals surface area (Å²) in [7, 11) is 0. The molecule has 0 saturated heterocycles. The number of rotatable bonds is 3. The second-order valence-electron chi connectivity index (χ2n) is 3.59. The van der Waals surface area contributed by atoms with E-state index < -0.39 is 4.92 Å². The molecular formula is C12H9N3O4. The zero-order chi connectivity index (χ0) is 13.8. The first kappa shape index (κ1) is 12.5. The molecule has 0 aliphatic rings. The molecule has 0 bridgehead atoms. The van der Waals surface area contributed by atoms with Crippen LogP contribution in [0.3, 0.4) is 0 Å². The topological polar surface area (TPSA) is 108 Å². The molecule has 0 spiro atoms. The van der Waals surface area contributed by atoms with E-state index in [1.54, 1.807) is 6.07 Å². The molecule has 0 amide bonds. The van der Waals surface area contributed by atoms with E-state index in [1.165, 1.54) is 36.4 Å².